The van der Waals surface area contributed by atoms with Crippen LogP contribution < -0.4 is 4.90 Å². The molecule has 0 amide bonds. The molecule has 1 heterocycles. The number of halogens is 2. The van der Waals surface area contributed by atoms with Gasteiger partial charge in [0.1, 0.15) is 11.6 Å². The lowest BCUT2D eigenvalue weighted by Crippen LogP contribution is -2.36. The van der Waals surface area contributed by atoms with Crippen molar-refractivity contribution in [3.05, 3.63) is 59.7 Å². The molecule has 22 heavy (non-hydrogen) atoms. The van der Waals surface area contributed by atoms with Crippen molar-refractivity contribution >= 4 is 17.6 Å². The number of benzene rings is 2. The Morgan fingerprint density at radius 3 is 2.41 bits per heavy atom. The molecule has 114 valence electrons. The highest BCUT2D eigenvalue weighted by Gasteiger charge is 2.14. The zero-order valence-electron chi connectivity index (χ0n) is 12.0. The first-order valence-electron chi connectivity index (χ1n) is 7.14. The van der Waals surface area contributed by atoms with Gasteiger partial charge in [0, 0.05) is 19.3 Å². The third-order valence-corrected chi connectivity index (χ3v) is 3.51. The van der Waals surface area contributed by atoms with Gasteiger partial charge in [-0.05, 0) is 42.0 Å². The van der Waals surface area contributed by atoms with Gasteiger partial charge >= 0.3 is 0 Å². The van der Waals surface area contributed by atoms with Crippen LogP contribution in [0.15, 0.2) is 47.5 Å². The van der Waals surface area contributed by atoms with E-state index in [1.54, 1.807) is 24.4 Å². The molecule has 2 aromatic rings. The number of hydrogen-bond acceptors (Lipinski definition) is 3. The second-order valence-electron chi connectivity index (χ2n) is 5.04. The SMILES string of the molecule is Fc1ccc(N=Cc2ccc(N3CCOCC3)c(F)c2)cc1. The van der Waals surface area contributed by atoms with Crippen molar-refractivity contribution in [3.63, 3.8) is 0 Å². The van der Waals surface area contributed by atoms with Crippen LogP contribution in [0.4, 0.5) is 20.2 Å². The van der Waals surface area contributed by atoms with Crippen molar-refractivity contribution in [2.24, 2.45) is 4.99 Å². The van der Waals surface area contributed by atoms with E-state index in [-0.39, 0.29) is 11.6 Å². The van der Waals surface area contributed by atoms with Crippen LogP contribution in [0, 0.1) is 11.6 Å². The molecular formula is C17H16F2N2O. The van der Waals surface area contributed by atoms with Gasteiger partial charge in [0.15, 0.2) is 0 Å². The maximum Gasteiger partial charge on any atom is 0.147 e. The van der Waals surface area contributed by atoms with E-state index >= 15 is 0 Å². The van der Waals surface area contributed by atoms with Gasteiger partial charge in [-0.25, -0.2) is 8.78 Å². The molecule has 1 fully saturated rings. The predicted octanol–water partition coefficient (Wildman–Crippen LogP) is 3.55. The Bertz CT molecular complexity index is 665. The first-order chi connectivity index (χ1) is 10.7. The van der Waals surface area contributed by atoms with E-state index in [9.17, 15) is 8.78 Å². The molecule has 3 rings (SSSR count). The minimum absolute atomic E-state index is 0.273. The normalized spacial score (nSPS) is 15.5. The average molecular weight is 302 g/mol. The topological polar surface area (TPSA) is 24.8 Å². The highest BCUT2D eigenvalue weighted by molar-refractivity contribution is 5.82. The summed E-state index contributed by atoms with van der Waals surface area (Å²) in [5.74, 6) is -0.579. The van der Waals surface area contributed by atoms with Crippen molar-refractivity contribution in [2.75, 3.05) is 31.2 Å². The summed E-state index contributed by atoms with van der Waals surface area (Å²) in [5.41, 5.74) is 1.88. The van der Waals surface area contributed by atoms with E-state index in [0.717, 1.165) is 0 Å². The summed E-state index contributed by atoms with van der Waals surface area (Å²) in [6, 6.07) is 10.9. The van der Waals surface area contributed by atoms with Crippen LogP contribution in [0.3, 0.4) is 0 Å². The Kier molecular flexibility index (Phi) is 4.44. The molecule has 0 spiro atoms. The van der Waals surface area contributed by atoms with Crippen LogP contribution >= 0.6 is 0 Å². The molecule has 0 bridgehead atoms. The molecule has 0 saturated carbocycles. The van der Waals surface area contributed by atoms with Crippen LogP contribution in [0.1, 0.15) is 5.56 Å². The van der Waals surface area contributed by atoms with Crippen molar-refractivity contribution in [3.8, 4) is 0 Å². The zero-order valence-corrected chi connectivity index (χ0v) is 12.0. The summed E-state index contributed by atoms with van der Waals surface area (Å²) in [6.45, 7) is 2.63. The number of nitrogens with zero attached hydrogens (tertiary/aromatic N) is 2. The standard InChI is InChI=1S/C17H16F2N2O/c18-14-2-4-15(5-3-14)20-12-13-1-6-17(16(19)11-13)21-7-9-22-10-8-21/h1-6,11-12H,7-10H2. The lowest BCUT2D eigenvalue weighted by atomic mass is 10.2. The summed E-state index contributed by atoms with van der Waals surface area (Å²) in [4.78, 5) is 6.18. The van der Waals surface area contributed by atoms with Crippen molar-refractivity contribution in [1.82, 2.24) is 0 Å². The van der Waals surface area contributed by atoms with Crippen LogP contribution in [0.5, 0.6) is 0 Å². The number of aliphatic imine (C=N–C) groups is 1. The Labute approximate surface area is 127 Å². The number of anilines is 1. The van der Waals surface area contributed by atoms with E-state index in [0.29, 0.717) is 43.2 Å². The molecule has 1 aliphatic heterocycles. The third-order valence-electron chi connectivity index (χ3n) is 3.51. The van der Waals surface area contributed by atoms with Crippen LogP contribution in [-0.4, -0.2) is 32.5 Å². The molecule has 3 nitrogen and oxygen atoms in total. The molecule has 1 aliphatic rings. The fourth-order valence-corrected chi connectivity index (χ4v) is 2.34. The Hall–Kier alpha value is -2.27. The first-order valence-corrected chi connectivity index (χ1v) is 7.14. The number of rotatable bonds is 3. The van der Waals surface area contributed by atoms with Crippen LogP contribution in [-0.2, 0) is 4.74 Å². The maximum atomic E-state index is 14.2. The monoisotopic (exact) mass is 302 g/mol. The van der Waals surface area contributed by atoms with Gasteiger partial charge in [0.05, 0.1) is 24.6 Å². The summed E-state index contributed by atoms with van der Waals surface area (Å²) in [7, 11) is 0. The first kappa shape index (κ1) is 14.7. The van der Waals surface area contributed by atoms with Crippen molar-refractivity contribution in [2.45, 2.75) is 0 Å². The van der Waals surface area contributed by atoms with Gasteiger partial charge in [0.25, 0.3) is 0 Å². The summed E-state index contributed by atoms with van der Waals surface area (Å²) in [6.07, 6.45) is 1.57. The Morgan fingerprint density at radius 1 is 1.00 bits per heavy atom. The summed E-state index contributed by atoms with van der Waals surface area (Å²) < 4.78 is 32.3. The van der Waals surface area contributed by atoms with E-state index in [2.05, 4.69) is 4.99 Å². The molecule has 0 aromatic heterocycles. The number of ether oxygens (including phenoxy) is 1. The van der Waals surface area contributed by atoms with Gasteiger partial charge in [-0.3, -0.25) is 4.99 Å². The lowest BCUT2D eigenvalue weighted by Gasteiger charge is -2.29. The van der Waals surface area contributed by atoms with E-state index in [4.69, 9.17) is 4.74 Å². The largest absolute Gasteiger partial charge is 0.378 e. The van der Waals surface area contributed by atoms with Gasteiger partial charge in [-0.1, -0.05) is 6.07 Å². The maximum absolute atomic E-state index is 14.2. The second kappa shape index (κ2) is 6.66. The molecule has 2 aromatic carbocycles. The molecule has 0 atom stereocenters. The van der Waals surface area contributed by atoms with E-state index in [1.165, 1.54) is 18.2 Å². The molecule has 5 heteroatoms. The molecular weight excluding hydrogens is 286 g/mol. The number of hydrogen-bond donors (Lipinski definition) is 0. The minimum Gasteiger partial charge on any atom is -0.378 e. The summed E-state index contributed by atoms with van der Waals surface area (Å²) in [5, 5.41) is 0. The molecule has 0 N–H and O–H groups in total. The highest BCUT2D eigenvalue weighted by Crippen LogP contribution is 2.21. The highest BCUT2D eigenvalue weighted by atomic mass is 19.1. The van der Waals surface area contributed by atoms with Gasteiger partial charge in [-0.15, -0.1) is 0 Å². The molecule has 1 saturated heterocycles. The Morgan fingerprint density at radius 2 is 1.73 bits per heavy atom. The van der Waals surface area contributed by atoms with Crippen LogP contribution in [0.2, 0.25) is 0 Å². The molecule has 0 aliphatic carbocycles. The second-order valence-corrected chi connectivity index (χ2v) is 5.04. The van der Waals surface area contributed by atoms with Gasteiger partial charge in [-0.2, -0.15) is 0 Å². The fourth-order valence-electron chi connectivity index (χ4n) is 2.34. The lowest BCUT2D eigenvalue weighted by molar-refractivity contribution is 0.122. The fraction of sp³-hybridized carbons (Fsp3) is 0.235. The predicted molar refractivity (Wildman–Crippen MR) is 83.1 cm³/mol. The van der Waals surface area contributed by atoms with Crippen LogP contribution in [0.25, 0.3) is 0 Å². The summed E-state index contributed by atoms with van der Waals surface area (Å²) >= 11 is 0. The average Bonchev–Trinajstić information content (AvgIpc) is 2.55. The van der Waals surface area contributed by atoms with Crippen molar-refractivity contribution < 1.29 is 13.5 Å². The smallest absolute Gasteiger partial charge is 0.147 e. The van der Waals surface area contributed by atoms with Crippen molar-refractivity contribution in [1.29, 1.82) is 0 Å². The van der Waals surface area contributed by atoms with E-state index in [1.807, 2.05) is 11.0 Å². The third kappa shape index (κ3) is 3.49. The Balaban J connectivity index is 1.75. The van der Waals surface area contributed by atoms with Gasteiger partial charge < -0.3 is 9.64 Å². The zero-order chi connectivity index (χ0) is 15.4. The number of morpholine rings is 1. The molecule has 0 radical (unpaired) electrons. The minimum atomic E-state index is -0.306. The van der Waals surface area contributed by atoms with E-state index < -0.39 is 0 Å². The quantitative estimate of drug-likeness (QED) is 0.810. The van der Waals surface area contributed by atoms with Gasteiger partial charge in [0.2, 0.25) is 0 Å². The molecule has 0 unspecified atom stereocenters.